The first-order valence-corrected chi connectivity index (χ1v) is 9.72. The third-order valence-corrected chi connectivity index (χ3v) is 6.14. The van der Waals surface area contributed by atoms with Crippen LogP contribution < -0.4 is 0 Å². The van der Waals surface area contributed by atoms with Gasteiger partial charge in [-0.1, -0.05) is 18.2 Å². The minimum absolute atomic E-state index is 0.170. The fraction of sp³-hybridized carbons (Fsp3) is 0.471. The van der Waals surface area contributed by atoms with Gasteiger partial charge in [-0.15, -0.1) is 0 Å². The van der Waals surface area contributed by atoms with Crippen LogP contribution in [0.25, 0.3) is 0 Å². The van der Waals surface area contributed by atoms with Crippen molar-refractivity contribution in [2.75, 3.05) is 25.4 Å². The number of nitrogens with zero attached hydrogens (tertiary/aromatic N) is 2. The molecule has 0 spiro atoms. The van der Waals surface area contributed by atoms with Crippen LogP contribution in [0.4, 0.5) is 0 Å². The van der Waals surface area contributed by atoms with Gasteiger partial charge in [0.1, 0.15) is 0 Å². The van der Waals surface area contributed by atoms with Crippen LogP contribution in [0.3, 0.4) is 0 Å². The second-order valence-electron chi connectivity index (χ2n) is 6.25. The number of benzene rings is 1. The van der Waals surface area contributed by atoms with Crippen molar-refractivity contribution in [2.45, 2.75) is 30.6 Å². The molecule has 0 radical (unpaired) electrons. The van der Waals surface area contributed by atoms with Gasteiger partial charge in [-0.2, -0.15) is 5.10 Å². The molecule has 1 saturated heterocycles. The van der Waals surface area contributed by atoms with Gasteiger partial charge in [0.25, 0.3) is 0 Å². The van der Waals surface area contributed by atoms with Gasteiger partial charge in [0.15, 0.2) is 9.84 Å². The minimum atomic E-state index is -3.20. The first-order valence-electron chi connectivity index (χ1n) is 8.07. The number of H-pyrrole nitrogens is 1. The van der Waals surface area contributed by atoms with Crippen molar-refractivity contribution in [2.24, 2.45) is 0 Å². The van der Waals surface area contributed by atoms with Crippen molar-refractivity contribution in [1.29, 1.82) is 0 Å². The number of rotatable bonds is 5. The fourth-order valence-electron chi connectivity index (χ4n) is 3.14. The first kappa shape index (κ1) is 16.2. The maximum atomic E-state index is 12.4. The molecular formula is C17H23N3O2S. The van der Waals surface area contributed by atoms with E-state index in [1.807, 2.05) is 13.0 Å². The van der Waals surface area contributed by atoms with E-state index in [4.69, 9.17) is 0 Å². The number of sulfone groups is 1. The van der Waals surface area contributed by atoms with Crippen LogP contribution in [0.15, 0.2) is 41.3 Å². The molecule has 2 aromatic rings. The summed E-state index contributed by atoms with van der Waals surface area (Å²) in [6, 6.07) is 10.8. The molecule has 0 amide bonds. The SMILES string of the molecule is Cc1cc([C@H]2CCCN(CCS(=O)(=O)c3ccccc3)C2)n[nH]1. The zero-order valence-electron chi connectivity index (χ0n) is 13.4. The number of hydrogen-bond donors (Lipinski definition) is 1. The summed E-state index contributed by atoms with van der Waals surface area (Å²) >= 11 is 0. The first-order chi connectivity index (χ1) is 11.0. The van der Waals surface area contributed by atoms with E-state index in [-0.39, 0.29) is 5.75 Å². The molecule has 1 atom stereocenters. The van der Waals surface area contributed by atoms with E-state index in [0.29, 0.717) is 17.4 Å². The molecule has 0 unspecified atom stereocenters. The van der Waals surface area contributed by atoms with Crippen molar-refractivity contribution >= 4 is 9.84 Å². The van der Waals surface area contributed by atoms with E-state index in [0.717, 1.165) is 37.3 Å². The van der Waals surface area contributed by atoms with E-state index in [1.165, 1.54) is 0 Å². The summed E-state index contributed by atoms with van der Waals surface area (Å²) in [5.41, 5.74) is 2.17. The van der Waals surface area contributed by atoms with Crippen molar-refractivity contribution in [3.8, 4) is 0 Å². The van der Waals surface area contributed by atoms with Crippen LogP contribution in [-0.4, -0.2) is 48.9 Å². The second-order valence-corrected chi connectivity index (χ2v) is 8.36. The average molecular weight is 333 g/mol. The summed E-state index contributed by atoms with van der Waals surface area (Å²) in [6.07, 6.45) is 2.20. The summed E-state index contributed by atoms with van der Waals surface area (Å²) in [5.74, 6) is 0.566. The monoisotopic (exact) mass is 333 g/mol. The number of aromatic amines is 1. The molecule has 1 aliphatic heterocycles. The predicted molar refractivity (Wildman–Crippen MR) is 90.2 cm³/mol. The van der Waals surface area contributed by atoms with Crippen molar-refractivity contribution < 1.29 is 8.42 Å². The molecular weight excluding hydrogens is 310 g/mol. The highest BCUT2D eigenvalue weighted by Gasteiger charge is 2.24. The Balaban J connectivity index is 1.60. The summed E-state index contributed by atoms with van der Waals surface area (Å²) in [6.45, 7) is 4.43. The van der Waals surface area contributed by atoms with Gasteiger partial charge in [-0.25, -0.2) is 8.42 Å². The van der Waals surface area contributed by atoms with Crippen LogP contribution in [-0.2, 0) is 9.84 Å². The highest BCUT2D eigenvalue weighted by molar-refractivity contribution is 7.91. The third-order valence-electron chi connectivity index (χ3n) is 4.43. The summed E-state index contributed by atoms with van der Waals surface area (Å²) in [7, 11) is -3.20. The number of aromatic nitrogens is 2. The van der Waals surface area contributed by atoms with Gasteiger partial charge >= 0.3 is 0 Å². The van der Waals surface area contributed by atoms with Gasteiger partial charge in [0, 0.05) is 24.7 Å². The van der Waals surface area contributed by atoms with Gasteiger partial charge in [-0.05, 0) is 44.5 Å². The van der Waals surface area contributed by atoms with Gasteiger partial charge in [-0.3, -0.25) is 5.10 Å². The molecule has 3 rings (SSSR count). The standard InChI is InChI=1S/C17H23N3O2S/c1-14-12-17(19-18-14)15-6-5-9-20(13-15)10-11-23(21,22)16-7-3-2-4-8-16/h2-4,7-8,12,15H,5-6,9-11,13H2,1H3,(H,18,19)/t15-/m0/s1. The van der Waals surface area contributed by atoms with Crippen molar-refractivity contribution in [3.63, 3.8) is 0 Å². The molecule has 1 fully saturated rings. The van der Waals surface area contributed by atoms with Crippen LogP contribution in [0.1, 0.15) is 30.1 Å². The molecule has 6 heteroatoms. The summed E-state index contributed by atoms with van der Waals surface area (Å²) < 4.78 is 24.8. The molecule has 0 aliphatic carbocycles. The van der Waals surface area contributed by atoms with Crippen LogP contribution in [0, 0.1) is 6.92 Å². The van der Waals surface area contributed by atoms with E-state index < -0.39 is 9.84 Å². The topological polar surface area (TPSA) is 66.1 Å². The molecule has 5 nitrogen and oxygen atoms in total. The molecule has 124 valence electrons. The molecule has 1 aromatic carbocycles. The zero-order chi connectivity index (χ0) is 16.3. The quantitative estimate of drug-likeness (QED) is 0.912. The highest BCUT2D eigenvalue weighted by Crippen LogP contribution is 2.26. The molecule has 1 aromatic heterocycles. The fourth-order valence-corrected chi connectivity index (χ4v) is 4.45. The smallest absolute Gasteiger partial charge is 0.179 e. The molecule has 0 bridgehead atoms. The lowest BCUT2D eigenvalue weighted by Crippen LogP contribution is -2.37. The number of likely N-dealkylation sites (tertiary alicyclic amines) is 1. The third kappa shape index (κ3) is 4.00. The van der Waals surface area contributed by atoms with Crippen LogP contribution in [0.5, 0.6) is 0 Å². The summed E-state index contributed by atoms with van der Waals surface area (Å²) in [5, 5.41) is 7.35. The Morgan fingerprint density at radius 2 is 2.09 bits per heavy atom. The summed E-state index contributed by atoms with van der Waals surface area (Å²) in [4.78, 5) is 2.66. The Morgan fingerprint density at radius 3 is 2.78 bits per heavy atom. The number of aryl methyl sites for hydroxylation is 1. The van der Waals surface area contributed by atoms with E-state index in [1.54, 1.807) is 24.3 Å². The average Bonchev–Trinajstić information content (AvgIpc) is 3.01. The van der Waals surface area contributed by atoms with Gasteiger partial charge in [0.2, 0.25) is 0 Å². The van der Waals surface area contributed by atoms with E-state index in [2.05, 4.69) is 21.2 Å². The number of hydrogen-bond acceptors (Lipinski definition) is 4. The lowest BCUT2D eigenvalue weighted by molar-refractivity contribution is 0.217. The Bertz CT molecular complexity index is 740. The molecule has 2 heterocycles. The Kier molecular flexibility index (Phi) is 4.82. The lowest BCUT2D eigenvalue weighted by Gasteiger charge is -2.31. The largest absolute Gasteiger partial charge is 0.302 e. The maximum absolute atomic E-state index is 12.4. The molecule has 1 aliphatic rings. The predicted octanol–water partition coefficient (Wildman–Crippen LogP) is 2.37. The normalized spacial score (nSPS) is 19.8. The van der Waals surface area contributed by atoms with Gasteiger partial charge in [0.05, 0.1) is 16.3 Å². The molecule has 23 heavy (non-hydrogen) atoms. The van der Waals surface area contributed by atoms with Gasteiger partial charge < -0.3 is 4.90 Å². The zero-order valence-corrected chi connectivity index (χ0v) is 14.2. The maximum Gasteiger partial charge on any atom is 0.179 e. The lowest BCUT2D eigenvalue weighted by atomic mass is 9.95. The Morgan fingerprint density at radius 1 is 1.30 bits per heavy atom. The molecule has 1 N–H and O–H groups in total. The van der Waals surface area contributed by atoms with Crippen molar-refractivity contribution in [3.05, 3.63) is 47.8 Å². The van der Waals surface area contributed by atoms with Crippen LogP contribution in [0.2, 0.25) is 0 Å². The molecule has 0 saturated carbocycles. The van der Waals surface area contributed by atoms with E-state index in [9.17, 15) is 8.42 Å². The second kappa shape index (κ2) is 6.84. The van der Waals surface area contributed by atoms with Crippen molar-refractivity contribution in [1.82, 2.24) is 15.1 Å². The van der Waals surface area contributed by atoms with Crippen LogP contribution >= 0.6 is 0 Å². The number of piperidine rings is 1. The van der Waals surface area contributed by atoms with E-state index >= 15 is 0 Å². The number of nitrogens with one attached hydrogen (secondary N) is 1. The Hall–Kier alpha value is -1.66. The highest BCUT2D eigenvalue weighted by atomic mass is 32.2. The minimum Gasteiger partial charge on any atom is -0.302 e. The Labute approximate surface area is 137 Å².